The predicted molar refractivity (Wildman–Crippen MR) is 110 cm³/mol. The van der Waals surface area contributed by atoms with Gasteiger partial charge in [0, 0.05) is 21.2 Å². The average molecular weight is 432 g/mol. The van der Waals surface area contributed by atoms with E-state index in [1.54, 1.807) is 35.6 Å². The van der Waals surface area contributed by atoms with Crippen molar-refractivity contribution >= 4 is 38.6 Å². The molecule has 0 aliphatic rings. The SMILES string of the molecule is Cc1ccc(-c2nc(-c3ccc(NS(=O)(=O)c4ccc(Cl)cc4)cc3)no2)s1. The number of nitrogens with one attached hydrogen (secondary N) is 1. The lowest BCUT2D eigenvalue weighted by atomic mass is 10.2. The van der Waals surface area contributed by atoms with Gasteiger partial charge in [0.05, 0.1) is 9.77 Å². The third kappa shape index (κ3) is 3.94. The van der Waals surface area contributed by atoms with Gasteiger partial charge in [0.1, 0.15) is 0 Å². The molecule has 0 aliphatic heterocycles. The largest absolute Gasteiger partial charge is 0.333 e. The van der Waals surface area contributed by atoms with E-state index in [9.17, 15) is 8.42 Å². The van der Waals surface area contributed by atoms with Gasteiger partial charge in [-0.1, -0.05) is 16.8 Å². The number of thiophene rings is 1. The van der Waals surface area contributed by atoms with Crippen LogP contribution in [-0.2, 0) is 10.0 Å². The highest BCUT2D eigenvalue weighted by molar-refractivity contribution is 7.92. The maximum atomic E-state index is 12.4. The normalized spacial score (nSPS) is 11.5. The fraction of sp³-hybridized carbons (Fsp3) is 0.0526. The summed E-state index contributed by atoms with van der Waals surface area (Å²) in [7, 11) is -3.69. The van der Waals surface area contributed by atoms with Gasteiger partial charge < -0.3 is 4.52 Å². The van der Waals surface area contributed by atoms with Crippen molar-refractivity contribution < 1.29 is 12.9 Å². The number of rotatable bonds is 5. The minimum Gasteiger partial charge on any atom is -0.333 e. The zero-order chi connectivity index (χ0) is 19.7. The molecule has 6 nitrogen and oxygen atoms in total. The maximum Gasteiger partial charge on any atom is 0.268 e. The Hall–Kier alpha value is -2.68. The molecule has 2 aromatic carbocycles. The Balaban J connectivity index is 1.53. The van der Waals surface area contributed by atoms with Gasteiger partial charge in [0.25, 0.3) is 15.9 Å². The summed E-state index contributed by atoms with van der Waals surface area (Å²) in [4.78, 5) is 6.61. The third-order valence-electron chi connectivity index (χ3n) is 3.90. The van der Waals surface area contributed by atoms with Crippen molar-refractivity contribution in [2.24, 2.45) is 0 Å². The van der Waals surface area contributed by atoms with Gasteiger partial charge in [-0.3, -0.25) is 4.72 Å². The summed E-state index contributed by atoms with van der Waals surface area (Å²) in [5.41, 5.74) is 1.15. The van der Waals surface area contributed by atoms with Crippen LogP contribution in [0.25, 0.3) is 22.2 Å². The molecule has 4 rings (SSSR count). The first kappa shape index (κ1) is 18.7. The molecule has 28 heavy (non-hydrogen) atoms. The summed E-state index contributed by atoms with van der Waals surface area (Å²) in [6.45, 7) is 2.01. The number of aromatic nitrogens is 2. The van der Waals surface area contributed by atoms with Crippen LogP contribution >= 0.6 is 22.9 Å². The summed E-state index contributed by atoms with van der Waals surface area (Å²) in [5, 5.41) is 4.47. The molecule has 0 aliphatic carbocycles. The number of benzene rings is 2. The first-order chi connectivity index (χ1) is 13.4. The molecule has 2 heterocycles. The average Bonchev–Trinajstić information content (AvgIpc) is 3.31. The first-order valence-corrected chi connectivity index (χ1v) is 10.9. The summed E-state index contributed by atoms with van der Waals surface area (Å²) >= 11 is 7.38. The van der Waals surface area contributed by atoms with Gasteiger partial charge in [-0.15, -0.1) is 11.3 Å². The molecule has 0 saturated heterocycles. The van der Waals surface area contributed by atoms with Gasteiger partial charge in [-0.05, 0) is 67.6 Å². The second-order valence-corrected chi connectivity index (χ2v) is 9.38. The minimum atomic E-state index is -3.69. The summed E-state index contributed by atoms with van der Waals surface area (Å²) in [6.07, 6.45) is 0. The van der Waals surface area contributed by atoms with Gasteiger partial charge in [0.15, 0.2) is 0 Å². The Morgan fingerprint density at radius 3 is 2.36 bits per heavy atom. The summed E-state index contributed by atoms with van der Waals surface area (Å²) in [6, 6.07) is 16.6. The Labute approximate surface area is 170 Å². The van der Waals surface area contributed by atoms with Gasteiger partial charge in [0.2, 0.25) is 5.82 Å². The van der Waals surface area contributed by atoms with Crippen molar-refractivity contribution in [2.75, 3.05) is 4.72 Å². The van der Waals surface area contributed by atoms with Crippen LogP contribution in [0.2, 0.25) is 5.02 Å². The Morgan fingerprint density at radius 2 is 1.71 bits per heavy atom. The van der Waals surface area contributed by atoms with Crippen molar-refractivity contribution in [3.63, 3.8) is 0 Å². The van der Waals surface area contributed by atoms with Crippen LogP contribution in [0.4, 0.5) is 5.69 Å². The van der Waals surface area contributed by atoms with Crippen LogP contribution in [-0.4, -0.2) is 18.6 Å². The molecular weight excluding hydrogens is 418 g/mol. The Bertz CT molecular complexity index is 1210. The molecule has 0 spiro atoms. The maximum absolute atomic E-state index is 12.4. The molecule has 0 bridgehead atoms. The van der Waals surface area contributed by atoms with E-state index in [1.807, 2.05) is 19.1 Å². The monoisotopic (exact) mass is 431 g/mol. The van der Waals surface area contributed by atoms with Crippen LogP contribution < -0.4 is 4.72 Å². The third-order valence-corrected chi connectivity index (χ3v) is 6.53. The molecule has 0 unspecified atom stereocenters. The van der Waals surface area contributed by atoms with E-state index < -0.39 is 10.0 Å². The van der Waals surface area contributed by atoms with E-state index in [0.29, 0.717) is 22.4 Å². The lowest BCUT2D eigenvalue weighted by Gasteiger charge is -2.08. The molecule has 0 amide bonds. The number of nitrogens with zero attached hydrogens (tertiary/aromatic N) is 2. The summed E-state index contributed by atoms with van der Waals surface area (Å²) < 4.78 is 32.7. The van der Waals surface area contributed by atoms with Crippen molar-refractivity contribution in [2.45, 2.75) is 11.8 Å². The van der Waals surface area contributed by atoms with E-state index in [-0.39, 0.29) is 4.90 Å². The van der Waals surface area contributed by atoms with E-state index in [1.165, 1.54) is 24.3 Å². The quantitative estimate of drug-likeness (QED) is 0.467. The molecular formula is C19H14ClN3O3S2. The van der Waals surface area contributed by atoms with Crippen LogP contribution in [0, 0.1) is 6.92 Å². The number of hydrogen-bond acceptors (Lipinski definition) is 6. The Kier molecular flexibility index (Phi) is 4.92. The molecule has 142 valence electrons. The van der Waals surface area contributed by atoms with E-state index >= 15 is 0 Å². The molecule has 4 aromatic rings. The standard InChI is InChI=1S/C19H14ClN3O3S2/c1-12-2-11-17(27-12)19-21-18(22-26-19)13-3-7-15(8-4-13)23-28(24,25)16-9-5-14(20)6-10-16/h2-11,23H,1H3. The van der Waals surface area contributed by atoms with Crippen LogP contribution in [0.5, 0.6) is 0 Å². The highest BCUT2D eigenvalue weighted by atomic mass is 35.5. The van der Waals surface area contributed by atoms with E-state index in [4.69, 9.17) is 16.1 Å². The molecule has 0 radical (unpaired) electrons. The smallest absolute Gasteiger partial charge is 0.268 e. The molecule has 0 atom stereocenters. The fourth-order valence-corrected chi connectivity index (χ4v) is 4.48. The highest BCUT2D eigenvalue weighted by Crippen LogP contribution is 2.28. The number of aryl methyl sites for hydroxylation is 1. The van der Waals surface area contributed by atoms with Gasteiger partial charge in [-0.2, -0.15) is 4.98 Å². The van der Waals surface area contributed by atoms with Gasteiger partial charge >= 0.3 is 0 Å². The molecule has 1 N–H and O–H groups in total. The molecule has 2 aromatic heterocycles. The topological polar surface area (TPSA) is 85.1 Å². The number of halogens is 1. The number of sulfonamides is 1. The fourth-order valence-electron chi connectivity index (χ4n) is 2.51. The minimum absolute atomic E-state index is 0.134. The zero-order valence-corrected chi connectivity index (χ0v) is 17.0. The zero-order valence-electron chi connectivity index (χ0n) is 14.6. The van der Waals surface area contributed by atoms with E-state index in [2.05, 4.69) is 14.9 Å². The van der Waals surface area contributed by atoms with Crippen molar-refractivity contribution in [3.05, 3.63) is 70.6 Å². The lowest BCUT2D eigenvalue weighted by molar-refractivity contribution is 0.433. The summed E-state index contributed by atoms with van der Waals surface area (Å²) in [5.74, 6) is 0.897. The second kappa shape index (κ2) is 7.38. The second-order valence-electron chi connectivity index (χ2n) is 5.97. The van der Waals surface area contributed by atoms with E-state index in [0.717, 1.165) is 15.3 Å². The Morgan fingerprint density at radius 1 is 1.00 bits per heavy atom. The first-order valence-electron chi connectivity index (χ1n) is 8.20. The lowest BCUT2D eigenvalue weighted by Crippen LogP contribution is -2.12. The van der Waals surface area contributed by atoms with Crippen LogP contribution in [0.3, 0.4) is 0 Å². The van der Waals surface area contributed by atoms with Crippen molar-refractivity contribution in [1.29, 1.82) is 0 Å². The van der Waals surface area contributed by atoms with Crippen LogP contribution in [0.15, 0.2) is 70.1 Å². The van der Waals surface area contributed by atoms with Crippen molar-refractivity contribution in [1.82, 2.24) is 10.1 Å². The highest BCUT2D eigenvalue weighted by Gasteiger charge is 2.15. The molecule has 0 fully saturated rings. The molecule has 9 heteroatoms. The number of anilines is 1. The van der Waals surface area contributed by atoms with Gasteiger partial charge in [-0.25, -0.2) is 8.42 Å². The predicted octanol–water partition coefficient (Wildman–Crippen LogP) is 5.23. The molecule has 0 saturated carbocycles. The number of hydrogen-bond donors (Lipinski definition) is 1. The van der Waals surface area contributed by atoms with Crippen molar-refractivity contribution in [3.8, 4) is 22.2 Å². The van der Waals surface area contributed by atoms with Crippen LogP contribution in [0.1, 0.15) is 4.88 Å².